The molecule has 0 radical (unpaired) electrons. The molecule has 0 saturated carbocycles. The molecule has 6 nitrogen and oxygen atoms in total. The number of benzene rings is 1. The molecule has 7 heteroatoms. The fourth-order valence-electron chi connectivity index (χ4n) is 5.95. The summed E-state index contributed by atoms with van der Waals surface area (Å²) in [4.78, 5) is 11.7. The molecule has 1 aliphatic heterocycles. The first-order valence-electron chi connectivity index (χ1n) is 12.8. The first-order chi connectivity index (χ1) is 16.7. The topological polar surface area (TPSA) is 61.9 Å². The lowest BCUT2D eigenvalue weighted by Crippen LogP contribution is -2.43. The molecular weight excluding hydrogens is 452 g/mol. The lowest BCUT2D eigenvalue weighted by Gasteiger charge is -2.38. The second-order valence-electron chi connectivity index (χ2n) is 10.7. The molecule has 2 aromatic heterocycles. The fraction of sp³-hybridized carbons (Fsp3) is 0.536. The Morgan fingerprint density at radius 3 is 2.43 bits per heavy atom. The average molecular weight is 491 g/mol. The summed E-state index contributed by atoms with van der Waals surface area (Å²) >= 11 is 0. The molecule has 0 bridgehead atoms. The maximum atomic E-state index is 11.7. The third-order valence-corrected chi connectivity index (χ3v) is 14.1. The van der Waals surface area contributed by atoms with Crippen molar-refractivity contribution in [3.8, 4) is 22.6 Å². The van der Waals surface area contributed by atoms with Crippen molar-refractivity contribution < 1.29 is 9.53 Å². The summed E-state index contributed by atoms with van der Waals surface area (Å²) in [7, 11) is -0.131. The van der Waals surface area contributed by atoms with E-state index in [4.69, 9.17) is 9.84 Å². The zero-order valence-electron chi connectivity index (χ0n) is 22.1. The molecule has 1 unspecified atom stereocenters. The summed E-state index contributed by atoms with van der Waals surface area (Å²) < 4.78 is 9.74. The van der Waals surface area contributed by atoms with E-state index in [0.29, 0.717) is 22.3 Å². The molecule has 0 amide bonds. The van der Waals surface area contributed by atoms with Gasteiger partial charge in [0.25, 0.3) is 0 Å². The van der Waals surface area contributed by atoms with E-state index in [-0.39, 0.29) is 6.23 Å². The summed E-state index contributed by atoms with van der Waals surface area (Å²) in [5.74, 6) is 3.58. The van der Waals surface area contributed by atoms with Crippen LogP contribution in [0.25, 0.3) is 22.0 Å². The number of nitrogens with zero attached hydrogens (tertiary/aromatic N) is 4. The van der Waals surface area contributed by atoms with Crippen LogP contribution in [0.15, 0.2) is 24.4 Å². The second kappa shape index (κ2) is 10.1. The summed E-state index contributed by atoms with van der Waals surface area (Å²) in [6.45, 7) is 14.7. The van der Waals surface area contributed by atoms with Crippen molar-refractivity contribution in [1.29, 1.82) is 0 Å². The summed E-state index contributed by atoms with van der Waals surface area (Å²) in [5.41, 5.74) is 9.63. The molecular formula is C28H38N4O2Si. The van der Waals surface area contributed by atoms with Gasteiger partial charge in [-0.2, -0.15) is 10.2 Å². The highest BCUT2D eigenvalue weighted by Crippen LogP contribution is 2.41. The van der Waals surface area contributed by atoms with Crippen LogP contribution in [0.3, 0.4) is 0 Å². The van der Waals surface area contributed by atoms with E-state index in [9.17, 15) is 4.79 Å². The number of carbonyl (C=O) groups is 1. The predicted octanol–water partition coefficient (Wildman–Crippen LogP) is 6.52. The highest BCUT2D eigenvalue weighted by atomic mass is 28.3. The van der Waals surface area contributed by atoms with Crippen LogP contribution in [0, 0.1) is 11.5 Å². The Bertz CT molecular complexity index is 1250. The van der Waals surface area contributed by atoms with Gasteiger partial charge in [-0.3, -0.25) is 9.48 Å². The quantitative estimate of drug-likeness (QED) is 0.224. The number of hydrogen-bond donors (Lipinski definition) is 0. The van der Waals surface area contributed by atoms with Crippen molar-refractivity contribution in [2.24, 2.45) is 7.05 Å². The molecule has 0 N–H and O–H groups in total. The van der Waals surface area contributed by atoms with Gasteiger partial charge in [-0.1, -0.05) is 53.5 Å². The number of carbonyl (C=O) groups excluding carboxylic acids is 1. The molecule has 1 aliphatic rings. The Morgan fingerprint density at radius 1 is 1.11 bits per heavy atom. The highest BCUT2D eigenvalue weighted by Gasteiger charge is 2.41. The van der Waals surface area contributed by atoms with Crippen LogP contribution in [0.2, 0.25) is 16.6 Å². The number of aldehydes is 1. The van der Waals surface area contributed by atoms with Crippen molar-refractivity contribution in [2.75, 3.05) is 6.61 Å². The SMILES string of the molecule is CC(C)[Si](C#Cc1nn(C2CCCCO2)c2ccc(-c3cnn(C)c3C=O)cc12)(C(C)C)C(C)C. The van der Waals surface area contributed by atoms with Crippen LogP contribution in [0.4, 0.5) is 0 Å². The van der Waals surface area contributed by atoms with Crippen LogP contribution >= 0.6 is 0 Å². The zero-order chi connectivity index (χ0) is 25.3. The molecule has 4 rings (SSSR count). The van der Waals surface area contributed by atoms with Gasteiger partial charge in [-0.25, -0.2) is 4.68 Å². The molecule has 0 spiro atoms. The van der Waals surface area contributed by atoms with E-state index < -0.39 is 8.07 Å². The fourth-order valence-corrected chi connectivity index (χ4v) is 11.1. The van der Waals surface area contributed by atoms with Crippen LogP contribution in [0.5, 0.6) is 0 Å². The third-order valence-electron chi connectivity index (χ3n) is 7.81. The van der Waals surface area contributed by atoms with Gasteiger partial charge in [0.1, 0.15) is 19.5 Å². The third kappa shape index (κ3) is 4.50. The molecule has 1 atom stereocenters. The minimum Gasteiger partial charge on any atom is -0.356 e. The molecule has 1 saturated heterocycles. The number of aromatic nitrogens is 4. The Hall–Kier alpha value is -2.69. The van der Waals surface area contributed by atoms with E-state index in [1.807, 2.05) is 10.7 Å². The summed E-state index contributed by atoms with van der Waals surface area (Å²) in [5, 5.41) is 10.3. The van der Waals surface area contributed by atoms with E-state index in [0.717, 1.165) is 59.9 Å². The van der Waals surface area contributed by atoms with Gasteiger partial charge in [-0.15, -0.1) is 5.54 Å². The van der Waals surface area contributed by atoms with E-state index in [2.05, 4.69) is 70.2 Å². The monoisotopic (exact) mass is 490 g/mol. The maximum absolute atomic E-state index is 11.7. The van der Waals surface area contributed by atoms with Crippen molar-refractivity contribution in [3.63, 3.8) is 0 Å². The van der Waals surface area contributed by atoms with Crippen LogP contribution in [0.1, 0.15) is 83.2 Å². The maximum Gasteiger partial charge on any atom is 0.168 e. The standard InChI is InChI=1S/C28H38N4O2Si/c1-19(2)35(20(3)4,21(5)6)15-13-25-23-16-22(24-17-29-31(7)27(24)18-33)11-12-26(23)32(30-25)28-10-8-9-14-34-28/h11-12,16-21,28H,8-10,14H2,1-7H3. The van der Waals surface area contributed by atoms with Gasteiger partial charge in [0.2, 0.25) is 0 Å². The Labute approximate surface area is 210 Å². The van der Waals surface area contributed by atoms with Crippen molar-refractivity contribution in [3.05, 3.63) is 35.8 Å². The highest BCUT2D eigenvalue weighted by molar-refractivity contribution is 6.90. The largest absolute Gasteiger partial charge is 0.356 e. The minimum absolute atomic E-state index is 0.0705. The summed E-state index contributed by atoms with van der Waals surface area (Å²) in [6.07, 6.45) is 5.71. The number of aryl methyl sites for hydroxylation is 1. The Kier molecular flexibility index (Phi) is 7.34. The van der Waals surface area contributed by atoms with Crippen LogP contribution in [-0.4, -0.2) is 40.5 Å². The minimum atomic E-state index is -1.92. The normalized spacial score (nSPS) is 16.8. The lowest BCUT2D eigenvalue weighted by molar-refractivity contribution is -0.0367. The van der Waals surface area contributed by atoms with Crippen LogP contribution < -0.4 is 0 Å². The van der Waals surface area contributed by atoms with E-state index in [1.165, 1.54) is 0 Å². The number of ether oxygens (including phenoxy) is 1. The smallest absolute Gasteiger partial charge is 0.168 e. The molecule has 186 valence electrons. The average Bonchev–Trinajstić information content (AvgIpc) is 3.39. The molecule has 35 heavy (non-hydrogen) atoms. The molecule has 3 heterocycles. The Balaban J connectivity index is 1.92. The van der Waals surface area contributed by atoms with Gasteiger partial charge < -0.3 is 4.74 Å². The predicted molar refractivity (Wildman–Crippen MR) is 144 cm³/mol. The van der Waals surface area contributed by atoms with Gasteiger partial charge in [0.05, 0.1) is 11.7 Å². The molecule has 1 fully saturated rings. The second-order valence-corrected chi connectivity index (χ2v) is 16.3. The number of rotatable bonds is 6. The first-order valence-corrected chi connectivity index (χ1v) is 15.1. The van der Waals surface area contributed by atoms with E-state index in [1.54, 1.807) is 17.9 Å². The van der Waals surface area contributed by atoms with Crippen molar-refractivity contribution in [1.82, 2.24) is 19.6 Å². The van der Waals surface area contributed by atoms with Crippen LogP contribution in [-0.2, 0) is 11.8 Å². The lowest BCUT2D eigenvalue weighted by atomic mass is 10.0. The number of hydrogen-bond acceptors (Lipinski definition) is 4. The molecule has 3 aromatic rings. The van der Waals surface area contributed by atoms with Crippen molar-refractivity contribution >= 4 is 25.3 Å². The Morgan fingerprint density at radius 2 is 1.83 bits per heavy atom. The van der Waals surface area contributed by atoms with Crippen molar-refractivity contribution in [2.45, 2.75) is 83.7 Å². The van der Waals surface area contributed by atoms with E-state index >= 15 is 0 Å². The molecule has 0 aliphatic carbocycles. The molecule has 1 aromatic carbocycles. The first kappa shape index (κ1) is 25.4. The van der Waals surface area contributed by atoms with Gasteiger partial charge in [0.15, 0.2) is 12.5 Å². The summed E-state index contributed by atoms with van der Waals surface area (Å²) in [6, 6.07) is 6.24. The number of fused-ring (bicyclic) bond motifs is 1. The zero-order valence-corrected chi connectivity index (χ0v) is 23.1. The van der Waals surface area contributed by atoms with Gasteiger partial charge >= 0.3 is 0 Å². The van der Waals surface area contributed by atoms with Gasteiger partial charge in [-0.05, 0) is 53.6 Å². The van der Waals surface area contributed by atoms with Gasteiger partial charge in [0, 0.05) is 24.6 Å².